The number of carbonyl (C=O) groups is 2. The summed E-state index contributed by atoms with van der Waals surface area (Å²) in [5, 5.41) is 12.0. The van der Waals surface area contributed by atoms with E-state index in [1.807, 2.05) is 57.2 Å². The molecule has 1 unspecified atom stereocenters. The lowest BCUT2D eigenvalue weighted by atomic mass is 9.95. The van der Waals surface area contributed by atoms with Crippen molar-refractivity contribution < 1.29 is 24.2 Å². The summed E-state index contributed by atoms with van der Waals surface area (Å²) in [5.74, 6) is -0.470. The Hall–Kier alpha value is -4.17. The zero-order valence-electron chi connectivity index (χ0n) is 23.8. The third kappa shape index (κ3) is 5.70. The minimum atomic E-state index is -0.873. The number of thiazole rings is 1. The Morgan fingerprint density at radius 1 is 0.951 bits per heavy atom. The van der Waals surface area contributed by atoms with Crippen LogP contribution >= 0.6 is 11.3 Å². The average Bonchev–Trinajstić information content (AvgIpc) is 3.50. The monoisotopic (exact) mass is 570 g/mol. The van der Waals surface area contributed by atoms with Crippen LogP contribution in [0.2, 0.25) is 0 Å². The first-order valence-electron chi connectivity index (χ1n) is 14.0. The minimum absolute atomic E-state index is 0.00875. The molecule has 1 N–H and O–H groups in total. The second kappa shape index (κ2) is 12.1. The number of aliphatic hydroxyl groups is 1. The van der Waals surface area contributed by atoms with E-state index in [2.05, 4.69) is 6.92 Å². The molecule has 3 aromatic carbocycles. The number of Topliss-reactive ketones (excluding diaryl/α,β-unsaturated/α-hetero) is 1. The summed E-state index contributed by atoms with van der Waals surface area (Å²) in [4.78, 5) is 33.5. The van der Waals surface area contributed by atoms with E-state index in [1.165, 1.54) is 16.2 Å². The fraction of sp³-hybridized carbons (Fsp3) is 0.303. The Balaban J connectivity index is 1.64. The van der Waals surface area contributed by atoms with Crippen molar-refractivity contribution in [3.05, 3.63) is 88.5 Å². The average molecular weight is 571 g/mol. The number of hydrogen-bond acceptors (Lipinski definition) is 7. The number of aryl methyl sites for hydroxylation is 2. The lowest BCUT2D eigenvalue weighted by Crippen LogP contribution is -2.29. The molecule has 1 aliphatic heterocycles. The van der Waals surface area contributed by atoms with Crippen molar-refractivity contribution in [2.24, 2.45) is 0 Å². The topological polar surface area (TPSA) is 89.0 Å². The summed E-state index contributed by atoms with van der Waals surface area (Å²) in [6, 6.07) is 17.5. The molecular weight excluding hydrogens is 536 g/mol. The summed E-state index contributed by atoms with van der Waals surface area (Å²) in [5.41, 5.74) is 3.95. The highest BCUT2D eigenvalue weighted by atomic mass is 32.1. The molecule has 212 valence electrons. The van der Waals surface area contributed by atoms with Crippen LogP contribution in [0.1, 0.15) is 61.4 Å². The SMILES string of the molecule is CCCCOc1ccc(C2/C(=C(\O)c3cccc(OCCC)c3)C(=O)C(=O)N2c2nc3c(C)cc(C)cc3s2)cc1. The molecule has 1 aromatic heterocycles. The van der Waals surface area contributed by atoms with Crippen molar-refractivity contribution in [3.8, 4) is 11.5 Å². The zero-order chi connectivity index (χ0) is 29.1. The molecule has 0 spiro atoms. The minimum Gasteiger partial charge on any atom is -0.507 e. The van der Waals surface area contributed by atoms with E-state index in [4.69, 9.17) is 14.5 Å². The lowest BCUT2D eigenvalue weighted by Gasteiger charge is -2.23. The van der Waals surface area contributed by atoms with Crippen molar-refractivity contribution in [2.45, 2.75) is 53.0 Å². The van der Waals surface area contributed by atoms with Gasteiger partial charge < -0.3 is 14.6 Å². The summed E-state index contributed by atoms with van der Waals surface area (Å²) in [6.45, 7) is 9.24. The smallest absolute Gasteiger partial charge is 0.301 e. The number of amides is 1. The predicted octanol–water partition coefficient (Wildman–Crippen LogP) is 7.51. The van der Waals surface area contributed by atoms with E-state index in [0.717, 1.165) is 40.6 Å². The van der Waals surface area contributed by atoms with Crippen molar-refractivity contribution in [2.75, 3.05) is 18.1 Å². The number of aliphatic hydroxyl groups excluding tert-OH is 1. The number of benzene rings is 3. The van der Waals surface area contributed by atoms with Gasteiger partial charge in [-0.25, -0.2) is 4.98 Å². The number of nitrogens with zero attached hydrogens (tertiary/aromatic N) is 2. The summed E-state index contributed by atoms with van der Waals surface area (Å²) >= 11 is 1.36. The number of ether oxygens (including phenoxy) is 2. The van der Waals surface area contributed by atoms with Gasteiger partial charge in [0.05, 0.1) is 35.0 Å². The van der Waals surface area contributed by atoms with Crippen LogP contribution in [-0.2, 0) is 9.59 Å². The van der Waals surface area contributed by atoms with E-state index in [9.17, 15) is 14.7 Å². The fourth-order valence-corrected chi connectivity index (χ4v) is 6.16. The van der Waals surface area contributed by atoms with Crippen LogP contribution in [0.5, 0.6) is 11.5 Å². The second-order valence-electron chi connectivity index (χ2n) is 10.2. The molecule has 1 atom stereocenters. The van der Waals surface area contributed by atoms with Crippen molar-refractivity contribution in [1.82, 2.24) is 4.98 Å². The summed E-state index contributed by atoms with van der Waals surface area (Å²) in [6.07, 6.45) is 2.80. The van der Waals surface area contributed by atoms with Gasteiger partial charge in [-0.1, -0.05) is 61.9 Å². The van der Waals surface area contributed by atoms with Crippen molar-refractivity contribution in [1.29, 1.82) is 0 Å². The Bertz CT molecular complexity index is 1620. The van der Waals surface area contributed by atoms with Crippen molar-refractivity contribution in [3.63, 3.8) is 0 Å². The number of carbonyl (C=O) groups excluding carboxylic acids is 2. The number of anilines is 1. The predicted molar refractivity (Wildman–Crippen MR) is 163 cm³/mol. The Labute approximate surface area is 244 Å². The standard InChI is InChI=1S/C33H34N2O5S/c1-5-7-16-40-24-13-11-22(12-14-24)29-27(30(36)23-9-8-10-25(19-23)39-15-6-2)31(37)32(38)35(29)33-34-28-21(4)17-20(3)18-26(28)41-33/h8-14,17-19,29,36H,5-7,15-16H2,1-4H3/b30-27+. The van der Waals surface area contributed by atoms with E-state index in [1.54, 1.807) is 24.3 Å². The Kier molecular flexibility index (Phi) is 8.40. The van der Waals surface area contributed by atoms with Crippen LogP contribution in [0.25, 0.3) is 16.0 Å². The number of rotatable bonds is 10. The number of aromatic nitrogens is 1. The molecule has 1 aliphatic rings. The van der Waals surface area contributed by atoms with Gasteiger partial charge in [-0.15, -0.1) is 0 Å². The molecule has 0 bridgehead atoms. The molecule has 1 fully saturated rings. The zero-order valence-corrected chi connectivity index (χ0v) is 24.6. The highest BCUT2D eigenvalue weighted by Crippen LogP contribution is 2.45. The van der Waals surface area contributed by atoms with E-state index in [0.29, 0.717) is 41.0 Å². The number of unbranched alkanes of at least 4 members (excludes halogenated alkanes) is 1. The fourth-order valence-electron chi connectivity index (χ4n) is 5.00. The second-order valence-corrected chi connectivity index (χ2v) is 11.3. The van der Waals surface area contributed by atoms with E-state index < -0.39 is 17.7 Å². The van der Waals surface area contributed by atoms with Gasteiger partial charge in [0.25, 0.3) is 5.78 Å². The molecule has 4 aromatic rings. The van der Waals surface area contributed by atoms with Gasteiger partial charge >= 0.3 is 5.91 Å². The molecule has 1 saturated heterocycles. The number of ketones is 1. The molecule has 0 radical (unpaired) electrons. The van der Waals surface area contributed by atoms with Crippen LogP contribution in [0, 0.1) is 13.8 Å². The third-order valence-electron chi connectivity index (χ3n) is 7.01. The first-order valence-corrected chi connectivity index (χ1v) is 14.8. The molecule has 5 rings (SSSR count). The molecule has 1 amide bonds. The maximum atomic E-state index is 13.7. The van der Waals surface area contributed by atoms with E-state index in [-0.39, 0.29) is 11.3 Å². The largest absolute Gasteiger partial charge is 0.507 e. The first kappa shape index (κ1) is 28.4. The number of hydrogen-bond donors (Lipinski definition) is 1. The van der Waals surface area contributed by atoms with Crippen LogP contribution in [0.4, 0.5) is 5.13 Å². The Morgan fingerprint density at radius 2 is 1.71 bits per heavy atom. The molecule has 41 heavy (non-hydrogen) atoms. The number of fused-ring (bicyclic) bond motifs is 1. The highest BCUT2D eigenvalue weighted by molar-refractivity contribution is 7.22. The lowest BCUT2D eigenvalue weighted by molar-refractivity contribution is -0.132. The third-order valence-corrected chi connectivity index (χ3v) is 8.01. The molecule has 2 heterocycles. The highest BCUT2D eigenvalue weighted by Gasteiger charge is 2.48. The van der Waals surface area contributed by atoms with Gasteiger partial charge in [-0.05, 0) is 73.7 Å². The molecule has 8 heteroatoms. The van der Waals surface area contributed by atoms with Crippen LogP contribution in [0.3, 0.4) is 0 Å². The van der Waals surface area contributed by atoms with Gasteiger partial charge in [0.2, 0.25) is 0 Å². The molecule has 7 nitrogen and oxygen atoms in total. The quantitative estimate of drug-likeness (QED) is 0.0919. The Morgan fingerprint density at radius 3 is 2.44 bits per heavy atom. The summed E-state index contributed by atoms with van der Waals surface area (Å²) < 4.78 is 12.5. The molecule has 0 saturated carbocycles. The summed E-state index contributed by atoms with van der Waals surface area (Å²) in [7, 11) is 0. The van der Waals surface area contributed by atoms with Crippen molar-refractivity contribution >= 4 is 44.1 Å². The first-order chi connectivity index (χ1) is 19.8. The maximum Gasteiger partial charge on any atom is 0.301 e. The van der Waals surface area contributed by atoms with Crippen LogP contribution in [-0.4, -0.2) is 35.0 Å². The van der Waals surface area contributed by atoms with Crippen LogP contribution in [0.15, 0.2) is 66.2 Å². The molecule has 0 aliphatic carbocycles. The van der Waals surface area contributed by atoms with Crippen LogP contribution < -0.4 is 14.4 Å². The van der Waals surface area contributed by atoms with Gasteiger partial charge in [0, 0.05) is 5.56 Å². The van der Waals surface area contributed by atoms with Gasteiger partial charge in [-0.3, -0.25) is 14.5 Å². The van der Waals surface area contributed by atoms with Gasteiger partial charge in [0.1, 0.15) is 17.3 Å². The normalized spacial score (nSPS) is 16.5. The van der Waals surface area contributed by atoms with Gasteiger partial charge in [0.15, 0.2) is 5.13 Å². The molecular formula is C33H34N2O5S. The maximum absolute atomic E-state index is 13.7. The van der Waals surface area contributed by atoms with E-state index >= 15 is 0 Å². The van der Waals surface area contributed by atoms with Gasteiger partial charge in [-0.2, -0.15) is 0 Å².